The quantitative estimate of drug-likeness (QED) is 0.724. The zero-order valence-corrected chi connectivity index (χ0v) is 10.7. The highest BCUT2D eigenvalue weighted by molar-refractivity contribution is 5.13. The predicted octanol–water partition coefficient (Wildman–Crippen LogP) is 1.81. The Kier molecular flexibility index (Phi) is 6.86. The van der Waals surface area contributed by atoms with Crippen molar-refractivity contribution in [3.63, 3.8) is 0 Å². The van der Waals surface area contributed by atoms with Crippen LogP contribution in [0.1, 0.15) is 19.4 Å². The molecule has 0 aromatic heterocycles. The maximum atomic E-state index is 8.90. The van der Waals surface area contributed by atoms with Gasteiger partial charge in [0.15, 0.2) is 0 Å². The van der Waals surface area contributed by atoms with E-state index in [1.807, 2.05) is 25.1 Å². The topological polar surface area (TPSA) is 41.5 Å². The largest absolute Gasteiger partial charge is 0.396 e. The second-order valence-electron chi connectivity index (χ2n) is 4.60. The Labute approximate surface area is 104 Å². The molecule has 2 unspecified atom stereocenters. The first kappa shape index (κ1) is 14.2. The fraction of sp³-hybridized carbons (Fsp3) is 0.571. The summed E-state index contributed by atoms with van der Waals surface area (Å²) in [5.74, 6) is 0.298. The summed E-state index contributed by atoms with van der Waals surface area (Å²) < 4.78 is 5.62. The molecule has 3 heteroatoms. The van der Waals surface area contributed by atoms with Crippen LogP contribution >= 0.6 is 0 Å². The van der Waals surface area contributed by atoms with Crippen LogP contribution in [0, 0.1) is 5.92 Å². The molecule has 0 saturated carbocycles. The summed E-state index contributed by atoms with van der Waals surface area (Å²) in [5, 5.41) is 12.2. The Morgan fingerprint density at radius 2 is 1.94 bits per heavy atom. The molecule has 3 nitrogen and oxygen atoms in total. The third kappa shape index (κ3) is 6.41. The lowest BCUT2D eigenvalue weighted by Crippen LogP contribution is -2.34. The van der Waals surface area contributed by atoms with E-state index < -0.39 is 0 Å². The molecule has 0 fully saturated rings. The molecule has 2 atom stereocenters. The zero-order chi connectivity index (χ0) is 12.5. The van der Waals surface area contributed by atoms with Crippen molar-refractivity contribution in [2.24, 2.45) is 5.92 Å². The Bertz CT molecular complexity index is 290. The standard InChI is InChI=1S/C14H23NO2/c1-12(9-16)8-15-13(2)10-17-11-14-6-4-3-5-7-14/h3-7,12-13,15-16H,8-11H2,1-2H3. The summed E-state index contributed by atoms with van der Waals surface area (Å²) in [7, 11) is 0. The number of hydrogen-bond donors (Lipinski definition) is 2. The molecule has 96 valence electrons. The maximum absolute atomic E-state index is 8.90. The van der Waals surface area contributed by atoms with Gasteiger partial charge in [-0.1, -0.05) is 37.3 Å². The molecule has 2 N–H and O–H groups in total. The van der Waals surface area contributed by atoms with Gasteiger partial charge >= 0.3 is 0 Å². The van der Waals surface area contributed by atoms with Gasteiger partial charge < -0.3 is 15.2 Å². The summed E-state index contributed by atoms with van der Waals surface area (Å²) >= 11 is 0. The second kappa shape index (κ2) is 8.23. The van der Waals surface area contributed by atoms with Crippen LogP contribution in [-0.2, 0) is 11.3 Å². The van der Waals surface area contributed by atoms with Gasteiger partial charge in [-0.05, 0) is 18.4 Å². The Hall–Kier alpha value is -0.900. The first-order valence-electron chi connectivity index (χ1n) is 6.18. The highest BCUT2D eigenvalue weighted by atomic mass is 16.5. The number of nitrogens with one attached hydrogen (secondary N) is 1. The third-order valence-corrected chi connectivity index (χ3v) is 2.61. The highest BCUT2D eigenvalue weighted by Gasteiger charge is 2.04. The SMILES string of the molecule is CC(CO)CNC(C)COCc1ccccc1. The molecule has 0 amide bonds. The van der Waals surface area contributed by atoms with E-state index in [2.05, 4.69) is 24.4 Å². The van der Waals surface area contributed by atoms with Crippen LogP contribution in [0.4, 0.5) is 0 Å². The fourth-order valence-corrected chi connectivity index (χ4v) is 1.45. The lowest BCUT2D eigenvalue weighted by Gasteiger charge is -2.16. The van der Waals surface area contributed by atoms with E-state index in [-0.39, 0.29) is 6.61 Å². The number of benzene rings is 1. The molecule has 1 aromatic rings. The van der Waals surface area contributed by atoms with Gasteiger partial charge in [0.05, 0.1) is 13.2 Å². The molecular formula is C14H23NO2. The molecular weight excluding hydrogens is 214 g/mol. The average molecular weight is 237 g/mol. The Balaban J connectivity index is 2.10. The minimum atomic E-state index is 0.227. The third-order valence-electron chi connectivity index (χ3n) is 2.61. The molecule has 0 radical (unpaired) electrons. The van der Waals surface area contributed by atoms with Crippen LogP contribution < -0.4 is 5.32 Å². The van der Waals surface area contributed by atoms with Crippen molar-refractivity contribution in [3.05, 3.63) is 35.9 Å². The van der Waals surface area contributed by atoms with E-state index in [0.29, 0.717) is 25.2 Å². The van der Waals surface area contributed by atoms with Gasteiger partial charge in [0, 0.05) is 19.2 Å². The van der Waals surface area contributed by atoms with E-state index in [4.69, 9.17) is 9.84 Å². The van der Waals surface area contributed by atoms with Crippen molar-refractivity contribution in [1.82, 2.24) is 5.32 Å². The minimum Gasteiger partial charge on any atom is -0.396 e. The monoisotopic (exact) mass is 237 g/mol. The first-order valence-corrected chi connectivity index (χ1v) is 6.18. The molecule has 17 heavy (non-hydrogen) atoms. The molecule has 0 bridgehead atoms. The molecule has 0 heterocycles. The summed E-state index contributed by atoms with van der Waals surface area (Å²) in [6.45, 7) is 6.51. The minimum absolute atomic E-state index is 0.227. The van der Waals surface area contributed by atoms with E-state index in [1.54, 1.807) is 0 Å². The van der Waals surface area contributed by atoms with Gasteiger partial charge in [0.2, 0.25) is 0 Å². The molecule has 0 aliphatic rings. The summed E-state index contributed by atoms with van der Waals surface area (Å²) in [6, 6.07) is 10.5. The smallest absolute Gasteiger partial charge is 0.0717 e. The van der Waals surface area contributed by atoms with Crippen molar-refractivity contribution < 1.29 is 9.84 Å². The summed E-state index contributed by atoms with van der Waals surface area (Å²) in [4.78, 5) is 0. The molecule has 0 aliphatic heterocycles. The average Bonchev–Trinajstić information content (AvgIpc) is 2.37. The molecule has 1 aromatic carbocycles. The van der Waals surface area contributed by atoms with Crippen molar-refractivity contribution >= 4 is 0 Å². The summed E-state index contributed by atoms with van der Waals surface area (Å²) in [5.41, 5.74) is 1.20. The van der Waals surface area contributed by atoms with E-state index in [0.717, 1.165) is 6.54 Å². The lowest BCUT2D eigenvalue weighted by atomic mass is 10.2. The van der Waals surface area contributed by atoms with Crippen molar-refractivity contribution in [1.29, 1.82) is 0 Å². The van der Waals surface area contributed by atoms with Crippen LogP contribution in [-0.4, -0.2) is 30.9 Å². The number of rotatable bonds is 8. The van der Waals surface area contributed by atoms with Crippen LogP contribution in [0.5, 0.6) is 0 Å². The van der Waals surface area contributed by atoms with Crippen LogP contribution in [0.25, 0.3) is 0 Å². The fourth-order valence-electron chi connectivity index (χ4n) is 1.45. The number of aliphatic hydroxyl groups excluding tert-OH is 1. The van der Waals surface area contributed by atoms with Gasteiger partial charge in [-0.25, -0.2) is 0 Å². The molecule has 0 spiro atoms. The van der Waals surface area contributed by atoms with Crippen molar-refractivity contribution in [2.75, 3.05) is 19.8 Å². The molecule has 0 aliphatic carbocycles. The predicted molar refractivity (Wildman–Crippen MR) is 69.8 cm³/mol. The van der Waals surface area contributed by atoms with Gasteiger partial charge in [0.1, 0.15) is 0 Å². The number of hydrogen-bond acceptors (Lipinski definition) is 3. The number of aliphatic hydroxyl groups is 1. The molecule has 1 rings (SSSR count). The molecule has 0 saturated heterocycles. The lowest BCUT2D eigenvalue weighted by molar-refractivity contribution is 0.100. The maximum Gasteiger partial charge on any atom is 0.0717 e. The van der Waals surface area contributed by atoms with Gasteiger partial charge in [-0.15, -0.1) is 0 Å². The Morgan fingerprint density at radius 1 is 1.24 bits per heavy atom. The first-order chi connectivity index (χ1) is 8.22. The zero-order valence-electron chi connectivity index (χ0n) is 10.7. The van der Waals surface area contributed by atoms with E-state index >= 15 is 0 Å². The Morgan fingerprint density at radius 3 is 2.59 bits per heavy atom. The van der Waals surface area contributed by atoms with Gasteiger partial charge in [-0.2, -0.15) is 0 Å². The summed E-state index contributed by atoms with van der Waals surface area (Å²) in [6.07, 6.45) is 0. The normalized spacial score (nSPS) is 14.5. The van der Waals surface area contributed by atoms with Crippen LogP contribution in [0.2, 0.25) is 0 Å². The van der Waals surface area contributed by atoms with E-state index in [1.165, 1.54) is 5.56 Å². The highest BCUT2D eigenvalue weighted by Crippen LogP contribution is 2.01. The van der Waals surface area contributed by atoms with Crippen molar-refractivity contribution in [3.8, 4) is 0 Å². The van der Waals surface area contributed by atoms with Crippen molar-refractivity contribution in [2.45, 2.75) is 26.5 Å². The van der Waals surface area contributed by atoms with Crippen LogP contribution in [0.3, 0.4) is 0 Å². The van der Waals surface area contributed by atoms with Gasteiger partial charge in [-0.3, -0.25) is 0 Å². The van der Waals surface area contributed by atoms with Crippen LogP contribution in [0.15, 0.2) is 30.3 Å². The number of ether oxygens (including phenoxy) is 1. The van der Waals surface area contributed by atoms with E-state index in [9.17, 15) is 0 Å². The van der Waals surface area contributed by atoms with Gasteiger partial charge in [0.25, 0.3) is 0 Å². The second-order valence-corrected chi connectivity index (χ2v) is 4.60.